The first-order valence-electron chi connectivity index (χ1n) is 7.76. The van der Waals surface area contributed by atoms with Crippen LogP contribution in [0, 0.1) is 5.92 Å². The lowest BCUT2D eigenvalue weighted by atomic mass is 9.97. The second-order valence-electron chi connectivity index (χ2n) is 5.79. The first kappa shape index (κ1) is 16.0. The van der Waals surface area contributed by atoms with Crippen molar-refractivity contribution in [1.82, 2.24) is 15.1 Å². The lowest BCUT2D eigenvalue weighted by molar-refractivity contribution is -0.128. The van der Waals surface area contributed by atoms with Crippen LogP contribution in [0.5, 0.6) is 0 Å². The van der Waals surface area contributed by atoms with Gasteiger partial charge in [0.2, 0.25) is 5.91 Å². The Labute approximate surface area is 140 Å². The molecule has 3 rings (SSSR count). The van der Waals surface area contributed by atoms with Gasteiger partial charge in [0.25, 0.3) is 0 Å². The summed E-state index contributed by atoms with van der Waals surface area (Å²) in [5, 5.41) is 8.26. The van der Waals surface area contributed by atoms with Crippen LogP contribution in [0.2, 0.25) is 5.02 Å². The lowest BCUT2D eigenvalue weighted by Gasteiger charge is -2.24. The fourth-order valence-corrected chi connectivity index (χ4v) is 2.92. The Bertz CT molecular complexity index is 663. The largest absolute Gasteiger partial charge is 0.381 e. The van der Waals surface area contributed by atoms with Crippen LogP contribution in [-0.2, 0) is 16.6 Å². The van der Waals surface area contributed by atoms with Crippen LogP contribution in [-0.4, -0.2) is 28.9 Å². The Kier molecular flexibility index (Phi) is 4.98. The van der Waals surface area contributed by atoms with E-state index in [1.54, 1.807) is 4.68 Å². The van der Waals surface area contributed by atoms with E-state index in [-0.39, 0.29) is 17.9 Å². The summed E-state index contributed by atoms with van der Waals surface area (Å²) in [6.45, 7) is 1.29. The van der Waals surface area contributed by atoms with Gasteiger partial charge in [0, 0.05) is 37.4 Å². The Morgan fingerprint density at radius 2 is 2.00 bits per heavy atom. The average molecular weight is 334 g/mol. The molecule has 0 bridgehead atoms. The monoisotopic (exact) mass is 333 g/mol. The number of rotatable bonds is 4. The van der Waals surface area contributed by atoms with Gasteiger partial charge in [-0.2, -0.15) is 5.10 Å². The number of carbonyl (C=O) groups excluding carboxylic acids is 1. The number of hydrogen-bond acceptors (Lipinski definition) is 3. The molecule has 1 saturated heterocycles. The maximum absolute atomic E-state index is 12.6. The van der Waals surface area contributed by atoms with Crippen molar-refractivity contribution in [2.45, 2.75) is 18.9 Å². The third kappa shape index (κ3) is 3.92. The number of benzene rings is 1. The number of aromatic nitrogens is 2. The standard InChI is InChI=1S/C17H20ClN3O2/c1-21-9-6-15(20-21)16(12-2-4-14(18)5-3-12)19-17(22)13-7-10-23-11-8-13/h2-6,9,13,16H,7-8,10-11H2,1H3,(H,19,22). The molecular weight excluding hydrogens is 314 g/mol. The van der Waals surface area contributed by atoms with Crippen molar-refractivity contribution in [3.05, 3.63) is 52.8 Å². The zero-order valence-electron chi connectivity index (χ0n) is 13.0. The minimum Gasteiger partial charge on any atom is -0.381 e. The summed E-state index contributed by atoms with van der Waals surface area (Å²) in [4.78, 5) is 12.6. The molecule has 1 aliphatic heterocycles. The molecule has 1 aromatic carbocycles. The van der Waals surface area contributed by atoms with Gasteiger partial charge < -0.3 is 10.1 Å². The molecule has 1 atom stereocenters. The first-order chi connectivity index (χ1) is 11.1. The van der Waals surface area contributed by atoms with Crippen molar-refractivity contribution in [1.29, 1.82) is 0 Å². The lowest BCUT2D eigenvalue weighted by Crippen LogP contribution is -2.37. The topological polar surface area (TPSA) is 56.2 Å². The molecule has 0 radical (unpaired) electrons. The van der Waals surface area contributed by atoms with Crippen LogP contribution >= 0.6 is 11.6 Å². The van der Waals surface area contributed by atoms with Crippen LogP contribution in [0.1, 0.15) is 30.1 Å². The maximum atomic E-state index is 12.6. The minimum absolute atomic E-state index is 0.00209. The number of aryl methyl sites for hydroxylation is 1. The molecule has 1 aromatic heterocycles. The zero-order valence-corrected chi connectivity index (χ0v) is 13.8. The van der Waals surface area contributed by atoms with E-state index in [4.69, 9.17) is 16.3 Å². The second-order valence-corrected chi connectivity index (χ2v) is 6.23. The van der Waals surface area contributed by atoms with Crippen LogP contribution in [0.15, 0.2) is 36.5 Å². The highest BCUT2D eigenvalue weighted by atomic mass is 35.5. The smallest absolute Gasteiger partial charge is 0.224 e. The Morgan fingerprint density at radius 3 is 2.61 bits per heavy atom. The van der Waals surface area contributed by atoms with Crippen molar-refractivity contribution < 1.29 is 9.53 Å². The van der Waals surface area contributed by atoms with Gasteiger partial charge in [-0.25, -0.2) is 0 Å². The third-order valence-electron chi connectivity index (χ3n) is 4.11. The molecule has 1 unspecified atom stereocenters. The van der Waals surface area contributed by atoms with E-state index in [2.05, 4.69) is 10.4 Å². The maximum Gasteiger partial charge on any atom is 0.224 e. The van der Waals surface area contributed by atoms with Crippen molar-refractivity contribution in [3.8, 4) is 0 Å². The van der Waals surface area contributed by atoms with Crippen LogP contribution < -0.4 is 5.32 Å². The van der Waals surface area contributed by atoms with Crippen molar-refractivity contribution in [2.24, 2.45) is 13.0 Å². The zero-order chi connectivity index (χ0) is 16.2. The fourth-order valence-electron chi connectivity index (χ4n) is 2.79. The van der Waals surface area contributed by atoms with Crippen LogP contribution in [0.4, 0.5) is 0 Å². The molecule has 122 valence electrons. The van der Waals surface area contributed by atoms with E-state index >= 15 is 0 Å². The molecule has 5 nitrogen and oxygen atoms in total. The molecule has 1 fully saturated rings. The van der Waals surface area contributed by atoms with Gasteiger partial charge in [0.1, 0.15) is 0 Å². The van der Waals surface area contributed by atoms with E-state index in [1.807, 2.05) is 43.6 Å². The molecule has 0 aliphatic carbocycles. The molecule has 2 aromatic rings. The SMILES string of the molecule is Cn1ccc(C(NC(=O)C2CCOCC2)c2ccc(Cl)cc2)n1. The van der Waals surface area contributed by atoms with Gasteiger partial charge in [-0.15, -0.1) is 0 Å². The number of ether oxygens (including phenoxy) is 1. The summed E-state index contributed by atoms with van der Waals surface area (Å²) >= 11 is 5.97. The van der Waals surface area contributed by atoms with Crippen LogP contribution in [0.25, 0.3) is 0 Å². The fraction of sp³-hybridized carbons (Fsp3) is 0.412. The average Bonchev–Trinajstić information content (AvgIpc) is 3.00. The Balaban J connectivity index is 1.82. The van der Waals surface area contributed by atoms with E-state index in [9.17, 15) is 4.79 Å². The van der Waals surface area contributed by atoms with E-state index in [0.717, 1.165) is 24.1 Å². The highest BCUT2D eigenvalue weighted by Crippen LogP contribution is 2.24. The molecular formula is C17H20ClN3O2. The number of hydrogen-bond donors (Lipinski definition) is 1. The van der Waals surface area contributed by atoms with E-state index in [0.29, 0.717) is 18.2 Å². The highest BCUT2D eigenvalue weighted by Gasteiger charge is 2.26. The van der Waals surface area contributed by atoms with Gasteiger partial charge in [-0.1, -0.05) is 23.7 Å². The Morgan fingerprint density at radius 1 is 1.30 bits per heavy atom. The Hall–Kier alpha value is -1.85. The summed E-state index contributed by atoms with van der Waals surface area (Å²) in [6.07, 6.45) is 3.40. The molecule has 0 spiro atoms. The number of amides is 1. The summed E-state index contributed by atoms with van der Waals surface area (Å²) in [5.41, 5.74) is 1.78. The van der Waals surface area contributed by atoms with Gasteiger partial charge in [0.15, 0.2) is 0 Å². The van der Waals surface area contributed by atoms with Crippen molar-refractivity contribution in [2.75, 3.05) is 13.2 Å². The van der Waals surface area contributed by atoms with E-state index < -0.39 is 0 Å². The molecule has 0 saturated carbocycles. The van der Waals surface area contributed by atoms with Crippen molar-refractivity contribution in [3.63, 3.8) is 0 Å². The summed E-state index contributed by atoms with van der Waals surface area (Å²) in [7, 11) is 1.86. The molecule has 6 heteroatoms. The first-order valence-corrected chi connectivity index (χ1v) is 8.14. The number of carbonyl (C=O) groups is 1. The quantitative estimate of drug-likeness (QED) is 0.936. The van der Waals surface area contributed by atoms with E-state index in [1.165, 1.54) is 0 Å². The third-order valence-corrected chi connectivity index (χ3v) is 4.36. The van der Waals surface area contributed by atoms with Crippen molar-refractivity contribution >= 4 is 17.5 Å². The molecule has 1 N–H and O–H groups in total. The second kappa shape index (κ2) is 7.15. The summed E-state index contributed by atoms with van der Waals surface area (Å²) in [5.74, 6) is 0.0566. The summed E-state index contributed by atoms with van der Waals surface area (Å²) < 4.78 is 7.07. The van der Waals surface area contributed by atoms with Gasteiger partial charge >= 0.3 is 0 Å². The van der Waals surface area contributed by atoms with Crippen LogP contribution in [0.3, 0.4) is 0 Å². The molecule has 2 heterocycles. The molecule has 1 amide bonds. The summed E-state index contributed by atoms with van der Waals surface area (Å²) in [6, 6.07) is 9.14. The predicted octanol–water partition coefficient (Wildman–Crippen LogP) is 2.71. The normalized spacial score (nSPS) is 17.0. The molecule has 23 heavy (non-hydrogen) atoms. The number of nitrogens with zero attached hydrogens (tertiary/aromatic N) is 2. The molecule has 1 aliphatic rings. The predicted molar refractivity (Wildman–Crippen MR) is 88.2 cm³/mol. The van der Waals surface area contributed by atoms with Gasteiger partial charge in [-0.05, 0) is 36.6 Å². The van der Waals surface area contributed by atoms with Gasteiger partial charge in [-0.3, -0.25) is 9.48 Å². The minimum atomic E-state index is -0.274. The number of nitrogens with one attached hydrogen (secondary N) is 1. The highest BCUT2D eigenvalue weighted by molar-refractivity contribution is 6.30. The van der Waals surface area contributed by atoms with Gasteiger partial charge in [0.05, 0.1) is 11.7 Å². The number of halogens is 1.